The van der Waals surface area contributed by atoms with Crippen molar-refractivity contribution in [1.29, 1.82) is 0 Å². The van der Waals surface area contributed by atoms with Crippen LogP contribution in [0.5, 0.6) is 0 Å². The van der Waals surface area contributed by atoms with Gasteiger partial charge in [-0.05, 0) is 24.5 Å². The fourth-order valence-corrected chi connectivity index (χ4v) is 2.50. The molecule has 6 heteroatoms. The molecule has 0 saturated carbocycles. The molecule has 1 saturated heterocycles. The lowest BCUT2D eigenvalue weighted by atomic mass is 9.79. The number of hydrogen-bond acceptors (Lipinski definition) is 4. The Hall–Kier alpha value is -1.92. The Bertz CT molecular complexity index is 524. The predicted octanol–water partition coefficient (Wildman–Crippen LogP) is 1.01. The van der Waals surface area contributed by atoms with Crippen molar-refractivity contribution in [3.8, 4) is 0 Å². The Kier molecular flexibility index (Phi) is 4.93. The van der Waals surface area contributed by atoms with Crippen LogP contribution in [0.3, 0.4) is 0 Å². The van der Waals surface area contributed by atoms with Gasteiger partial charge in [-0.1, -0.05) is 18.2 Å². The van der Waals surface area contributed by atoms with Crippen molar-refractivity contribution in [2.75, 3.05) is 25.1 Å². The van der Waals surface area contributed by atoms with E-state index in [0.717, 1.165) is 0 Å². The van der Waals surface area contributed by atoms with Crippen molar-refractivity contribution in [1.82, 2.24) is 0 Å². The Morgan fingerprint density at radius 2 is 1.95 bits per heavy atom. The summed E-state index contributed by atoms with van der Waals surface area (Å²) in [5.74, 6) is -1.09. The number of carboxylic acids is 1. The summed E-state index contributed by atoms with van der Waals surface area (Å²) in [5, 5.41) is 11.8. The lowest BCUT2D eigenvalue weighted by Crippen LogP contribution is -2.46. The molecule has 1 fully saturated rings. The van der Waals surface area contributed by atoms with E-state index in [2.05, 4.69) is 5.32 Å². The minimum absolute atomic E-state index is 0.130. The number of nitrogens with one attached hydrogen (secondary N) is 1. The second-order valence-corrected chi connectivity index (χ2v) is 5.28. The summed E-state index contributed by atoms with van der Waals surface area (Å²) in [7, 11) is 0. The quantitative estimate of drug-likeness (QED) is 0.751. The van der Waals surface area contributed by atoms with Crippen LogP contribution in [0.15, 0.2) is 24.3 Å². The number of rotatable bonds is 5. The van der Waals surface area contributed by atoms with Crippen LogP contribution in [0.4, 0.5) is 5.69 Å². The summed E-state index contributed by atoms with van der Waals surface area (Å²) < 4.78 is 5.29. The molecule has 1 aromatic carbocycles. The highest BCUT2D eigenvalue weighted by Gasteiger charge is 2.39. The lowest BCUT2D eigenvalue weighted by molar-refractivity contribution is -0.136. The summed E-state index contributed by atoms with van der Waals surface area (Å²) in [6.07, 6.45) is 1.03. The van der Waals surface area contributed by atoms with E-state index in [9.17, 15) is 9.59 Å². The van der Waals surface area contributed by atoms with Gasteiger partial charge >= 0.3 is 5.97 Å². The highest BCUT2D eigenvalue weighted by Crippen LogP contribution is 2.31. The Morgan fingerprint density at radius 1 is 1.29 bits per heavy atom. The van der Waals surface area contributed by atoms with Gasteiger partial charge in [0.2, 0.25) is 5.91 Å². The van der Waals surface area contributed by atoms with E-state index in [0.29, 0.717) is 37.3 Å². The standard InChI is InChI=1S/C15H20N2O4/c16-10-15(5-7-21-8-6-15)14(20)17-12-4-2-1-3-11(12)9-13(18)19/h1-4H,5-10,16H2,(H,17,20)(H,18,19). The minimum Gasteiger partial charge on any atom is -0.481 e. The van der Waals surface area contributed by atoms with Crippen molar-refractivity contribution >= 4 is 17.6 Å². The third-order valence-corrected chi connectivity index (χ3v) is 3.93. The van der Waals surface area contributed by atoms with E-state index in [4.69, 9.17) is 15.6 Å². The highest BCUT2D eigenvalue weighted by atomic mass is 16.5. The molecule has 6 nitrogen and oxygen atoms in total. The molecule has 114 valence electrons. The smallest absolute Gasteiger partial charge is 0.307 e. The van der Waals surface area contributed by atoms with E-state index in [1.165, 1.54) is 0 Å². The molecule has 1 heterocycles. The van der Waals surface area contributed by atoms with Gasteiger partial charge in [0.1, 0.15) is 0 Å². The van der Waals surface area contributed by atoms with Crippen LogP contribution in [-0.4, -0.2) is 36.7 Å². The van der Waals surface area contributed by atoms with Crippen molar-refractivity contribution < 1.29 is 19.4 Å². The van der Waals surface area contributed by atoms with Crippen molar-refractivity contribution in [3.63, 3.8) is 0 Å². The first-order chi connectivity index (χ1) is 10.1. The first kappa shape index (κ1) is 15.5. The SMILES string of the molecule is NCC1(C(=O)Nc2ccccc2CC(=O)O)CCOCC1. The molecule has 0 aromatic heterocycles. The van der Waals surface area contributed by atoms with Crippen molar-refractivity contribution in [2.45, 2.75) is 19.3 Å². The Morgan fingerprint density at radius 3 is 2.57 bits per heavy atom. The van der Waals surface area contributed by atoms with Gasteiger partial charge in [0.25, 0.3) is 0 Å². The number of hydrogen-bond donors (Lipinski definition) is 3. The number of benzene rings is 1. The van der Waals surface area contributed by atoms with Gasteiger partial charge in [0, 0.05) is 25.4 Å². The molecular weight excluding hydrogens is 272 g/mol. The van der Waals surface area contributed by atoms with Crippen molar-refractivity contribution in [3.05, 3.63) is 29.8 Å². The molecule has 2 rings (SSSR count). The van der Waals surface area contributed by atoms with Crippen LogP contribution in [0.25, 0.3) is 0 Å². The van der Waals surface area contributed by atoms with E-state index >= 15 is 0 Å². The van der Waals surface area contributed by atoms with Crippen molar-refractivity contribution in [2.24, 2.45) is 11.1 Å². The molecule has 1 aliphatic heterocycles. The summed E-state index contributed by atoms with van der Waals surface area (Å²) >= 11 is 0. The number of anilines is 1. The molecule has 1 aromatic rings. The maximum atomic E-state index is 12.6. The number of aliphatic carboxylic acids is 1. The molecule has 0 radical (unpaired) electrons. The van der Waals surface area contributed by atoms with Gasteiger partial charge in [-0.15, -0.1) is 0 Å². The largest absolute Gasteiger partial charge is 0.481 e. The van der Waals surface area contributed by atoms with Gasteiger partial charge in [-0.3, -0.25) is 9.59 Å². The fraction of sp³-hybridized carbons (Fsp3) is 0.467. The lowest BCUT2D eigenvalue weighted by Gasteiger charge is -2.34. The van der Waals surface area contributed by atoms with Crippen LogP contribution in [0.2, 0.25) is 0 Å². The Labute approximate surface area is 123 Å². The van der Waals surface area contributed by atoms with E-state index in [1.54, 1.807) is 24.3 Å². The topological polar surface area (TPSA) is 102 Å². The number of amides is 1. The van der Waals surface area contributed by atoms with Gasteiger partial charge in [-0.25, -0.2) is 0 Å². The zero-order chi connectivity index (χ0) is 15.3. The molecule has 1 aliphatic rings. The molecule has 0 bridgehead atoms. The van der Waals surface area contributed by atoms with Gasteiger partial charge in [0.15, 0.2) is 0 Å². The van der Waals surface area contributed by atoms with E-state index < -0.39 is 11.4 Å². The summed E-state index contributed by atoms with van der Waals surface area (Å²) in [4.78, 5) is 23.4. The molecular formula is C15H20N2O4. The van der Waals surface area contributed by atoms with E-state index in [1.807, 2.05) is 0 Å². The van der Waals surface area contributed by atoms with Gasteiger partial charge in [0.05, 0.1) is 11.8 Å². The number of carbonyl (C=O) groups excluding carboxylic acids is 1. The number of para-hydroxylation sites is 1. The third-order valence-electron chi connectivity index (χ3n) is 3.93. The average Bonchev–Trinajstić information content (AvgIpc) is 2.49. The number of carbonyl (C=O) groups is 2. The maximum absolute atomic E-state index is 12.6. The van der Waals surface area contributed by atoms with Crippen LogP contribution >= 0.6 is 0 Å². The average molecular weight is 292 g/mol. The molecule has 0 aliphatic carbocycles. The first-order valence-corrected chi connectivity index (χ1v) is 6.96. The number of carboxylic acid groups (broad SMARTS) is 1. The third kappa shape index (κ3) is 3.59. The van der Waals surface area contributed by atoms with Crippen LogP contribution in [0.1, 0.15) is 18.4 Å². The molecule has 0 atom stereocenters. The maximum Gasteiger partial charge on any atom is 0.307 e. The normalized spacial score (nSPS) is 17.2. The molecule has 4 N–H and O–H groups in total. The van der Waals surface area contributed by atoms with Crippen LogP contribution in [-0.2, 0) is 20.7 Å². The summed E-state index contributed by atoms with van der Waals surface area (Å²) in [6.45, 7) is 1.28. The summed E-state index contributed by atoms with van der Waals surface area (Å²) in [6, 6.07) is 6.92. The number of ether oxygens (including phenoxy) is 1. The predicted molar refractivity (Wildman–Crippen MR) is 78.0 cm³/mol. The van der Waals surface area contributed by atoms with Gasteiger partial charge in [-0.2, -0.15) is 0 Å². The fourth-order valence-electron chi connectivity index (χ4n) is 2.50. The minimum atomic E-state index is -0.934. The van der Waals surface area contributed by atoms with Gasteiger partial charge < -0.3 is 20.9 Å². The molecule has 0 unspecified atom stereocenters. The number of nitrogens with two attached hydrogens (primary N) is 1. The monoisotopic (exact) mass is 292 g/mol. The van der Waals surface area contributed by atoms with Crippen LogP contribution in [0, 0.1) is 5.41 Å². The molecule has 21 heavy (non-hydrogen) atoms. The summed E-state index contributed by atoms with van der Waals surface area (Å²) in [5.41, 5.74) is 6.28. The second kappa shape index (κ2) is 6.69. The second-order valence-electron chi connectivity index (χ2n) is 5.28. The zero-order valence-corrected chi connectivity index (χ0v) is 11.8. The highest BCUT2D eigenvalue weighted by molar-refractivity contribution is 5.96. The molecule has 0 spiro atoms. The Balaban J connectivity index is 2.17. The van der Waals surface area contributed by atoms with Crippen LogP contribution < -0.4 is 11.1 Å². The molecule has 1 amide bonds. The van der Waals surface area contributed by atoms with E-state index in [-0.39, 0.29) is 18.9 Å². The first-order valence-electron chi connectivity index (χ1n) is 6.96. The zero-order valence-electron chi connectivity index (χ0n) is 11.8.